The molecule has 0 saturated heterocycles. The van der Waals surface area contributed by atoms with Gasteiger partial charge in [-0.2, -0.15) is 0 Å². The zero-order chi connectivity index (χ0) is 15.2. The molecule has 0 radical (unpaired) electrons. The fourth-order valence-electron chi connectivity index (χ4n) is 2.34. The smallest absolute Gasteiger partial charge is 0.0624 e. The maximum atomic E-state index is 6.32. The number of hydrogen-bond acceptors (Lipinski definition) is 2. The van der Waals surface area contributed by atoms with Crippen molar-refractivity contribution in [3.63, 3.8) is 0 Å². The first-order valence-corrected chi connectivity index (χ1v) is 7.96. The molecule has 0 saturated carbocycles. The van der Waals surface area contributed by atoms with E-state index in [1.165, 1.54) is 5.56 Å². The highest BCUT2D eigenvalue weighted by Gasteiger charge is 2.14. The van der Waals surface area contributed by atoms with Gasteiger partial charge in [0.15, 0.2) is 0 Å². The summed E-state index contributed by atoms with van der Waals surface area (Å²) >= 11 is 12.4. The van der Waals surface area contributed by atoms with Crippen LogP contribution >= 0.6 is 23.2 Å². The Bertz CT molecular complexity index is 599. The van der Waals surface area contributed by atoms with Crippen LogP contribution in [0.4, 0.5) is 0 Å². The van der Waals surface area contributed by atoms with Crippen molar-refractivity contribution in [2.45, 2.75) is 32.7 Å². The summed E-state index contributed by atoms with van der Waals surface area (Å²) in [6.07, 6.45) is 3.75. The van der Waals surface area contributed by atoms with Crippen LogP contribution in [-0.4, -0.2) is 11.5 Å². The van der Waals surface area contributed by atoms with Crippen molar-refractivity contribution in [1.82, 2.24) is 10.3 Å². The van der Waals surface area contributed by atoms with Crippen molar-refractivity contribution in [2.24, 2.45) is 0 Å². The second-order valence-corrected chi connectivity index (χ2v) is 5.94. The lowest BCUT2D eigenvalue weighted by molar-refractivity contribution is 0.528. The molecule has 0 spiro atoms. The fraction of sp³-hybridized carbons (Fsp3) is 0.353. The maximum Gasteiger partial charge on any atom is 0.0624 e. The van der Waals surface area contributed by atoms with E-state index >= 15 is 0 Å². The summed E-state index contributed by atoms with van der Waals surface area (Å²) in [6.45, 7) is 5.13. The van der Waals surface area contributed by atoms with E-state index in [2.05, 4.69) is 29.4 Å². The van der Waals surface area contributed by atoms with Gasteiger partial charge in [-0.1, -0.05) is 42.3 Å². The lowest BCUT2D eigenvalue weighted by atomic mass is 9.99. The van der Waals surface area contributed by atoms with E-state index in [0.717, 1.165) is 30.6 Å². The van der Waals surface area contributed by atoms with Crippen molar-refractivity contribution in [3.05, 3.63) is 63.4 Å². The van der Waals surface area contributed by atoms with E-state index in [1.54, 1.807) is 0 Å². The van der Waals surface area contributed by atoms with Crippen LogP contribution in [0.2, 0.25) is 10.0 Å². The molecular weight excluding hydrogens is 303 g/mol. The molecule has 0 bridgehead atoms. The highest BCUT2D eigenvalue weighted by atomic mass is 35.5. The molecule has 1 heterocycles. The second kappa shape index (κ2) is 7.79. The maximum absolute atomic E-state index is 6.32. The average Bonchev–Trinajstić information content (AvgIpc) is 2.47. The summed E-state index contributed by atoms with van der Waals surface area (Å²) in [7, 11) is 0. The predicted octanol–water partition coefficient (Wildman–Crippen LogP) is 4.98. The van der Waals surface area contributed by atoms with Crippen LogP contribution in [-0.2, 0) is 6.42 Å². The molecule has 2 aromatic rings. The van der Waals surface area contributed by atoms with E-state index in [-0.39, 0.29) is 6.04 Å². The van der Waals surface area contributed by atoms with Crippen molar-refractivity contribution in [1.29, 1.82) is 0 Å². The molecule has 1 atom stereocenters. The molecule has 2 nitrogen and oxygen atoms in total. The topological polar surface area (TPSA) is 24.9 Å². The van der Waals surface area contributed by atoms with Crippen LogP contribution in [0.5, 0.6) is 0 Å². The van der Waals surface area contributed by atoms with Crippen molar-refractivity contribution >= 4 is 23.2 Å². The number of aryl methyl sites for hydroxylation is 1. The van der Waals surface area contributed by atoms with Crippen molar-refractivity contribution in [2.75, 3.05) is 6.54 Å². The summed E-state index contributed by atoms with van der Waals surface area (Å²) in [5.74, 6) is 0. The third-order valence-corrected chi connectivity index (χ3v) is 4.28. The summed E-state index contributed by atoms with van der Waals surface area (Å²) in [6, 6.07) is 10.2. The first-order valence-electron chi connectivity index (χ1n) is 7.20. The van der Waals surface area contributed by atoms with Gasteiger partial charge in [0.25, 0.3) is 0 Å². The third-order valence-electron chi connectivity index (χ3n) is 3.42. The average molecular weight is 323 g/mol. The molecular formula is C17H20Cl2N2. The minimum absolute atomic E-state index is 0.211. The number of hydrogen-bond donors (Lipinski definition) is 1. The van der Waals surface area contributed by atoms with E-state index < -0.39 is 0 Å². The van der Waals surface area contributed by atoms with Gasteiger partial charge in [-0.3, -0.25) is 4.98 Å². The Kier molecular flexibility index (Phi) is 6.04. The van der Waals surface area contributed by atoms with Crippen LogP contribution in [0.1, 0.15) is 36.2 Å². The lowest BCUT2D eigenvalue weighted by Crippen LogP contribution is -2.24. The third kappa shape index (κ3) is 4.44. The first kappa shape index (κ1) is 16.3. The SMILES string of the molecule is CCCNC(Cc1cccc(Cl)c1Cl)c1ccnc(C)c1. The molecule has 112 valence electrons. The molecule has 0 aliphatic carbocycles. The van der Waals surface area contributed by atoms with Gasteiger partial charge < -0.3 is 5.32 Å². The second-order valence-electron chi connectivity index (χ2n) is 5.15. The van der Waals surface area contributed by atoms with E-state index in [9.17, 15) is 0 Å². The zero-order valence-electron chi connectivity index (χ0n) is 12.4. The van der Waals surface area contributed by atoms with Gasteiger partial charge in [-0.25, -0.2) is 0 Å². The van der Waals surface area contributed by atoms with Gasteiger partial charge in [0.05, 0.1) is 10.0 Å². The standard InChI is InChI=1S/C17H20Cl2N2/c1-3-8-21-16(13-7-9-20-12(2)10-13)11-14-5-4-6-15(18)17(14)19/h4-7,9-10,16,21H,3,8,11H2,1-2H3. The molecule has 21 heavy (non-hydrogen) atoms. The minimum atomic E-state index is 0.211. The van der Waals surface area contributed by atoms with Crippen molar-refractivity contribution in [3.8, 4) is 0 Å². The molecule has 1 unspecified atom stereocenters. The molecule has 0 aliphatic heterocycles. The molecule has 4 heteroatoms. The quantitative estimate of drug-likeness (QED) is 0.811. The molecule has 1 aromatic carbocycles. The Balaban J connectivity index is 2.26. The number of nitrogens with one attached hydrogen (secondary N) is 1. The van der Waals surface area contributed by atoms with Crippen LogP contribution < -0.4 is 5.32 Å². The van der Waals surface area contributed by atoms with Crippen LogP contribution in [0.3, 0.4) is 0 Å². The van der Waals surface area contributed by atoms with Crippen LogP contribution in [0.25, 0.3) is 0 Å². The zero-order valence-corrected chi connectivity index (χ0v) is 13.9. The highest BCUT2D eigenvalue weighted by Crippen LogP contribution is 2.29. The van der Waals surface area contributed by atoms with Crippen LogP contribution in [0.15, 0.2) is 36.5 Å². The molecule has 1 N–H and O–H groups in total. The summed E-state index contributed by atoms with van der Waals surface area (Å²) in [4.78, 5) is 4.27. The number of pyridine rings is 1. The number of rotatable bonds is 6. The largest absolute Gasteiger partial charge is 0.310 e. The van der Waals surface area contributed by atoms with Gasteiger partial charge in [-0.05, 0) is 55.6 Å². The summed E-state index contributed by atoms with van der Waals surface area (Å²) in [5.41, 5.74) is 3.31. The normalized spacial score (nSPS) is 12.4. The fourth-order valence-corrected chi connectivity index (χ4v) is 2.73. The van der Waals surface area contributed by atoms with Crippen molar-refractivity contribution < 1.29 is 0 Å². The molecule has 1 aromatic heterocycles. The minimum Gasteiger partial charge on any atom is -0.310 e. The Morgan fingerprint density at radius 3 is 2.76 bits per heavy atom. The summed E-state index contributed by atoms with van der Waals surface area (Å²) < 4.78 is 0. The Morgan fingerprint density at radius 1 is 1.24 bits per heavy atom. The van der Waals surface area contributed by atoms with Gasteiger partial charge in [-0.15, -0.1) is 0 Å². The number of benzene rings is 1. The Labute approximate surface area is 136 Å². The van der Waals surface area contributed by atoms with E-state index in [1.807, 2.05) is 31.3 Å². The number of nitrogens with zero attached hydrogens (tertiary/aromatic N) is 1. The first-order chi connectivity index (χ1) is 10.1. The summed E-state index contributed by atoms with van der Waals surface area (Å²) in [5, 5.41) is 4.83. The molecule has 0 amide bonds. The highest BCUT2D eigenvalue weighted by molar-refractivity contribution is 6.42. The predicted molar refractivity (Wildman–Crippen MR) is 90.2 cm³/mol. The van der Waals surface area contributed by atoms with Crippen LogP contribution in [0, 0.1) is 6.92 Å². The molecule has 0 fully saturated rings. The van der Waals surface area contributed by atoms with Gasteiger partial charge in [0.1, 0.15) is 0 Å². The van der Waals surface area contributed by atoms with E-state index in [0.29, 0.717) is 10.0 Å². The van der Waals surface area contributed by atoms with Gasteiger partial charge in [0, 0.05) is 17.9 Å². The molecule has 2 rings (SSSR count). The number of halogens is 2. The lowest BCUT2D eigenvalue weighted by Gasteiger charge is -2.20. The van der Waals surface area contributed by atoms with Gasteiger partial charge in [0.2, 0.25) is 0 Å². The number of aromatic nitrogens is 1. The monoisotopic (exact) mass is 322 g/mol. The Hall–Kier alpha value is -1.09. The Morgan fingerprint density at radius 2 is 2.05 bits per heavy atom. The van der Waals surface area contributed by atoms with E-state index in [4.69, 9.17) is 23.2 Å². The molecule has 0 aliphatic rings. The van der Waals surface area contributed by atoms with Gasteiger partial charge >= 0.3 is 0 Å².